The van der Waals surface area contributed by atoms with Crippen molar-refractivity contribution >= 4 is 28.5 Å². The summed E-state index contributed by atoms with van der Waals surface area (Å²) in [6.07, 6.45) is 0. The number of benzene rings is 1. The fourth-order valence-corrected chi connectivity index (χ4v) is 1.96. The first-order valence-corrected chi connectivity index (χ1v) is 6.48. The van der Waals surface area contributed by atoms with Crippen molar-refractivity contribution in [3.63, 3.8) is 0 Å². The van der Waals surface area contributed by atoms with E-state index in [1.165, 1.54) is 0 Å². The van der Waals surface area contributed by atoms with Crippen LogP contribution in [0.2, 0.25) is 0 Å². The fourth-order valence-electron chi connectivity index (χ4n) is 1.36. The number of carbonyl (C=O) groups excluding carboxylic acids is 1. The molecule has 0 aliphatic rings. The summed E-state index contributed by atoms with van der Waals surface area (Å²) in [5.41, 5.74) is 1.90. The first-order valence-electron chi connectivity index (χ1n) is 5.40. The maximum Gasteiger partial charge on any atom is 0.252 e. The van der Waals surface area contributed by atoms with E-state index in [0.29, 0.717) is 6.54 Å². The van der Waals surface area contributed by atoms with Gasteiger partial charge in [-0.05, 0) is 47.7 Å². The van der Waals surface area contributed by atoms with Crippen LogP contribution in [0.1, 0.15) is 22.8 Å². The lowest BCUT2D eigenvalue weighted by molar-refractivity contribution is 0.0953. The van der Waals surface area contributed by atoms with E-state index in [1.54, 1.807) is 0 Å². The first kappa shape index (κ1) is 13.4. The quantitative estimate of drug-likeness (QED) is 0.639. The second kappa shape index (κ2) is 6.85. The lowest BCUT2D eigenvalue weighted by atomic mass is 10.1. The molecule has 88 valence electrons. The Morgan fingerprint density at radius 3 is 2.81 bits per heavy atom. The van der Waals surface area contributed by atoms with Gasteiger partial charge in [0.05, 0.1) is 5.56 Å². The Bertz CT molecular complexity index is 366. The Morgan fingerprint density at radius 2 is 2.12 bits per heavy atom. The van der Waals surface area contributed by atoms with Gasteiger partial charge in [-0.25, -0.2) is 0 Å². The topological polar surface area (TPSA) is 41.1 Å². The molecule has 1 rings (SSSR count). The summed E-state index contributed by atoms with van der Waals surface area (Å²) in [7, 11) is 0. The Balaban J connectivity index is 2.56. The van der Waals surface area contributed by atoms with Crippen LogP contribution in [0.15, 0.2) is 18.2 Å². The van der Waals surface area contributed by atoms with Crippen LogP contribution in [0.25, 0.3) is 0 Å². The standard InChI is InChI=1S/C12H17IN2O/c1-3-14-7-8-15-12(16)10-6-4-5-9(2)11(10)13/h4-6,14H,3,7-8H2,1-2H3,(H,15,16). The summed E-state index contributed by atoms with van der Waals surface area (Å²) in [6.45, 7) is 6.46. The monoisotopic (exact) mass is 332 g/mol. The van der Waals surface area contributed by atoms with Crippen molar-refractivity contribution in [1.29, 1.82) is 0 Å². The van der Waals surface area contributed by atoms with E-state index in [1.807, 2.05) is 32.0 Å². The van der Waals surface area contributed by atoms with E-state index in [0.717, 1.165) is 27.8 Å². The fraction of sp³-hybridized carbons (Fsp3) is 0.417. The summed E-state index contributed by atoms with van der Waals surface area (Å²) >= 11 is 2.21. The number of hydrogen-bond acceptors (Lipinski definition) is 2. The summed E-state index contributed by atoms with van der Waals surface area (Å²) in [5.74, 6) is 0.00556. The smallest absolute Gasteiger partial charge is 0.252 e. The van der Waals surface area contributed by atoms with E-state index in [4.69, 9.17) is 0 Å². The zero-order chi connectivity index (χ0) is 12.0. The molecule has 0 heterocycles. The van der Waals surface area contributed by atoms with Gasteiger partial charge in [-0.15, -0.1) is 0 Å². The number of amides is 1. The van der Waals surface area contributed by atoms with Crippen LogP contribution in [0, 0.1) is 10.5 Å². The van der Waals surface area contributed by atoms with Crippen LogP contribution in [0.3, 0.4) is 0 Å². The summed E-state index contributed by atoms with van der Waals surface area (Å²) in [4.78, 5) is 11.8. The van der Waals surface area contributed by atoms with Gasteiger partial charge in [-0.3, -0.25) is 4.79 Å². The van der Waals surface area contributed by atoms with Gasteiger partial charge in [0.1, 0.15) is 0 Å². The van der Waals surface area contributed by atoms with Crippen LogP contribution in [0.5, 0.6) is 0 Å². The van der Waals surface area contributed by atoms with Crippen LogP contribution >= 0.6 is 22.6 Å². The van der Waals surface area contributed by atoms with Gasteiger partial charge in [-0.2, -0.15) is 0 Å². The minimum Gasteiger partial charge on any atom is -0.351 e. The second-order valence-electron chi connectivity index (χ2n) is 3.55. The normalized spacial score (nSPS) is 10.2. The van der Waals surface area contributed by atoms with Crippen molar-refractivity contribution < 1.29 is 4.79 Å². The van der Waals surface area contributed by atoms with Gasteiger partial charge in [0.15, 0.2) is 0 Å². The molecule has 0 saturated heterocycles. The molecule has 2 N–H and O–H groups in total. The number of hydrogen-bond donors (Lipinski definition) is 2. The Hall–Kier alpha value is -0.620. The first-order chi connectivity index (χ1) is 7.66. The third-order valence-electron chi connectivity index (χ3n) is 2.27. The highest BCUT2D eigenvalue weighted by Gasteiger charge is 2.09. The molecule has 1 aromatic rings. The van der Waals surface area contributed by atoms with E-state index < -0.39 is 0 Å². The highest BCUT2D eigenvalue weighted by atomic mass is 127. The van der Waals surface area contributed by atoms with Gasteiger partial charge in [0.25, 0.3) is 5.91 Å². The molecule has 0 aromatic heterocycles. The number of rotatable bonds is 5. The minimum absolute atomic E-state index is 0.00556. The van der Waals surface area contributed by atoms with Crippen LogP contribution in [-0.2, 0) is 0 Å². The molecule has 1 amide bonds. The van der Waals surface area contributed by atoms with E-state index >= 15 is 0 Å². The molecule has 0 bridgehead atoms. The Morgan fingerprint density at radius 1 is 1.38 bits per heavy atom. The summed E-state index contributed by atoms with van der Waals surface area (Å²) in [5, 5.41) is 6.06. The summed E-state index contributed by atoms with van der Waals surface area (Å²) in [6, 6.07) is 5.78. The number of carbonyl (C=O) groups is 1. The molecule has 0 aliphatic heterocycles. The number of nitrogens with one attached hydrogen (secondary N) is 2. The van der Waals surface area contributed by atoms with Gasteiger partial charge < -0.3 is 10.6 Å². The Kier molecular flexibility index (Phi) is 5.76. The predicted octanol–water partition coefficient (Wildman–Crippen LogP) is 1.94. The lowest BCUT2D eigenvalue weighted by Gasteiger charge is -2.08. The lowest BCUT2D eigenvalue weighted by Crippen LogP contribution is -2.32. The third kappa shape index (κ3) is 3.75. The molecule has 0 fully saturated rings. The SMILES string of the molecule is CCNCCNC(=O)c1cccc(C)c1I. The zero-order valence-corrected chi connectivity index (χ0v) is 11.8. The van der Waals surface area contributed by atoms with Crippen molar-refractivity contribution in [1.82, 2.24) is 10.6 Å². The number of aryl methyl sites for hydroxylation is 1. The van der Waals surface area contributed by atoms with Crippen molar-refractivity contribution in [2.75, 3.05) is 19.6 Å². The van der Waals surface area contributed by atoms with E-state index in [2.05, 4.69) is 33.2 Å². The zero-order valence-electron chi connectivity index (χ0n) is 9.64. The minimum atomic E-state index is 0.00556. The molecule has 4 heteroatoms. The molecule has 0 spiro atoms. The van der Waals surface area contributed by atoms with Gasteiger partial charge in [-0.1, -0.05) is 19.1 Å². The number of likely N-dealkylation sites (N-methyl/N-ethyl adjacent to an activating group) is 1. The molecule has 0 radical (unpaired) electrons. The predicted molar refractivity (Wildman–Crippen MR) is 74.8 cm³/mol. The van der Waals surface area contributed by atoms with E-state index in [9.17, 15) is 4.79 Å². The molecule has 16 heavy (non-hydrogen) atoms. The second-order valence-corrected chi connectivity index (χ2v) is 4.62. The highest BCUT2D eigenvalue weighted by Crippen LogP contribution is 2.16. The van der Waals surface area contributed by atoms with Crippen molar-refractivity contribution in [3.8, 4) is 0 Å². The average molecular weight is 332 g/mol. The van der Waals surface area contributed by atoms with E-state index in [-0.39, 0.29) is 5.91 Å². The Labute approximate surface area is 110 Å². The summed E-state index contributed by atoms with van der Waals surface area (Å²) < 4.78 is 1.03. The maximum atomic E-state index is 11.8. The molecule has 0 unspecified atom stereocenters. The van der Waals surface area contributed by atoms with Gasteiger partial charge in [0, 0.05) is 16.7 Å². The largest absolute Gasteiger partial charge is 0.351 e. The molecule has 0 aliphatic carbocycles. The maximum absolute atomic E-state index is 11.8. The average Bonchev–Trinajstić information content (AvgIpc) is 2.28. The van der Waals surface area contributed by atoms with Crippen LogP contribution < -0.4 is 10.6 Å². The molecular weight excluding hydrogens is 315 g/mol. The number of halogens is 1. The van der Waals surface area contributed by atoms with Crippen molar-refractivity contribution in [2.45, 2.75) is 13.8 Å². The molecule has 1 aromatic carbocycles. The van der Waals surface area contributed by atoms with Crippen molar-refractivity contribution in [3.05, 3.63) is 32.9 Å². The molecular formula is C12H17IN2O. The molecule has 0 atom stereocenters. The van der Waals surface area contributed by atoms with Crippen LogP contribution in [-0.4, -0.2) is 25.5 Å². The van der Waals surface area contributed by atoms with Crippen molar-refractivity contribution in [2.24, 2.45) is 0 Å². The van der Waals surface area contributed by atoms with Crippen LogP contribution in [0.4, 0.5) is 0 Å². The molecule has 0 saturated carbocycles. The van der Waals surface area contributed by atoms with Gasteiger partial charge >= 0.3 is 0 Å². The highest BCUT2D eigenvalue weighted by molar-refractivity contribution is 14.1. The van der Waals surface area contributed by atoms with Gasteiger partial charge in [0.2, 0.25) is 0 Å². The third-order valence-corrected chi connectivity index (χ3v) is 3.71. The molecule has 3 nitrogen and oxygen atoms in total.